The van der Waals surface area contributed by atoms with E-state index >= 15 is 0 Å². The monoisotopic (exact) mass is 345 g/mol. The fraction of sp³-hybridized carbons (Fsp3) is 0.136. The Morgan fingerprint density at radius 3 is 2.65 bits per heavy atom. The molecule has 0 saturated carbocycles. The molecule has 4 aromatic rings. The van der Waals surface area contributed by atoms with E-state index in [1.807, 2.05) is 48.5 Å². The predicted molar refractivity (Wildman–Crippen MR) is 102 cm³/mol. The Kier molecular flexibility index (Phi) is 4.32. The van der Waals surface area contributed by atoms with Crippen molar-refractivity contribution in [1.82, 2.24) is 5.32 Å². The van der Waals surface area contributed by atoms with Crippen LogP contribution in [0.15, 0.2) is 71.3 Å². The molecule has 0 aliphatic heterocycles. The van der Waals surface area contributed by atoms with Crippen LogP contribution in [-0.2, 0) is 17.8 Å². The van der Waals surface area contributed by atoms with Gasteiger partial charge in [-0.3, -0.25) is 4.79 Å². The van der Waals surface area contributed by atoms with Crippen LogP contribution in [-0.4, -0.2) is 13.0 Å². The molecule has 130 valence electrons. The molecule has 0 spiro atoms. The van der Waals surface area contributed by atoms with E-state index in [0.717, 1.165) is 38.6 Å². The van der Waals surface area contributed by atoms with Crippen LogP contribution in [0.1, 0.15) is 11.1 Å². The zero-order valence-electron chi connectivity index (χ0n) is 14.5. The van der Waals surface area contributed by atoms with E-state index in [9.17, 15) is 4.79 Å². The Balaban J connectivity index is 1.51. The number of hydrogen-bond acceptors (Lipinski definition) is 3. The van der Waals surface area contributed by atoms with E-state index in [-0.39, 0.29) is 12.3 Å². The Morgan fingerprint density at radius 1 is 1.04 bits per heavy atom. The topological polar surface area (TPSA) is 51.5 Å². The molecule has 0 atom stereocenters. The Hall–Kier alpha value is -3.27. The molecule has 0 radical (unpaired) electrons. The number of carbonyl (C=O) groups excluding carboxylic acids is 1. The van der Waals surface area contributed by atoms with E-state index < -0.39 is 0 Å². The van der Waals surface area contributed by atoms with Gasteiger partial charge in [0.2, 0.25) is 5.91 Å². The van der Waals surface area contributed by atoms with Crippen molar-refractivity contribution >= 4 is 27.6 Å². The van der Waals surface area contributed by atoms with Gasteiger partial charge in [0.15, 0.2) is 0 Å². The van der Waals surface area contributed by atoms with Gasteiger partial charge in [-0.15, -0.1) is 0 Å². The smallest absolute Gasteiger partial charge is 0.224 e. The first-order valence-electron chi connectivity index (χ1n) is 8.52. The summed E-state index contributed by atoms with van der Waals surface area (Å²) in [5.74, 6) is 0.772. The molecule has 4 nitrogen and oxygen atoms in total. The van der Waals surface area contributed by atoms with E-state index in [0.29, 0.717) is 6.54 Å². The number of furan rings is 1. The summed E-state index contributed by atoms with van der Waals surface area (Å²) in [4.78, 5) is 12.4. The quantitative estimate of drug-likeness (QED) is 0.581. The third-order valence-corrected chi connectivity index (χ3v) is 4.54. The average molecular weight is 345 g/mol. The molecule has 1 heterocycles. The number of ether oxygens (including phenoxy) is 1. The van der Waals surface area contributed by atoms with Gasteiger partial charge in [0.25, 0.3) is 0 Å². The van der Waals surface area contributed by atoms with Crippen molar-refractivity contribution in [2.24, 2.45) is 0 Å². The summed E-state index contributed by atoms with van der Waals surface area (Å²) >= 11 is 0. The minimum atomic E-state index is -0.0311. The first-order valence-corrected chi connectivity index (χ1v) is 8.52. The molecule has 26 heavy (non-hydrogen) atoms. The van der Waals surface area contributed by atoms with Gasteiger partial charge in [0.1, 0.15) is 11.3 Å². The molecule has 0 fully saturated rings. The number of nitrogens with one attached hydrogen (secondary N) is 1. The van der Waals surface area contributed by atoms with Gasteiger partial charge in [-0.25, -0.2) is 0 Å². The molecule has 0 aliphatic rings. The number of hydrogen-bond donors (Lipinski definition) is 1. The number of carbonyl (C=O) groups is 1. The molecule has 0 saturated heterocycles. The summed E-state index contributed by atoms with van der Waals surface area (Å²) in [6.45, 7) is 0.485. The van der Waals surface area contributed by atoms with Gasteiger partial charge < -0.3 is 14.5 Å². The lowest BCUT2D eigenvalue weighted by atomic mass is 10.0. The van der Waals surface area contributed by atoms with Crippen molar-refractivity contribution in [3.8, 4) is 5.75 Å². The van der Waals surface area contributed by atoms with Crippen molar-refractivity contribution in [1.29, 1.82) is 0 Å². The molecular weight excluding hydrogens is 326 g/mol. The van der Waals surface area contributed by atoms with Crippen LogP contribution in [0.4, 0.5) is 0 Å². The van der Waals surface area contributed by atoms with Crippen LogP contribution < -0.4 is 10.1 Å². The number of amides is 1. The lowest BCUT2D eigenvalue weighted by Crippen LogP contribution is -2.24. The Bertz CT molecular complexity index is 1060. The van der Waals surface area contributed by atoms with Crippen LogP contribution in [0.5, 0.6) is 5.75 Å². The molecule has 0 aliphatic carbocycles. The van der Waals surface area contributed by atoms with Crippen molar-refractivity contribution < 1.29 is 13.9 Å². The van der Waals surface area contributed by atoms with Crippen LogP contribution in [0, 0.1) is 0 Å². The third-order valence-electron chi connectivity index (χ3n) is 4.54. The highest BCUT2D eigenvalue weighted by atomic mass is 16.5. The summed E-state index contributed by atoms with van der Waals surface area (Å²) in [6.07, 6.45) is 1.97. The molecule has 0 unspecified atom stereocenters. The first-order chi connectivity index (χ1) is 12.7. The van der Waals surface area contributed by atoms with E-state index in [1.54, 1.807) is 13.4 Å². The fourth-order valence-electron chi connectivity index (χ4n) is 3.18. The molecule has 4 rings (SSSR count). The van der Waals surface area contributed by atoms with Gasteiger partial charge in [0.05, 0.1) is 19.8 Å². The maximum Gasteiger partial charge on any atom is 0.224 e. The van der Waals surface area contributed by atoms with Gasteiger partial charge in [-0.05, 0) is 34.5 Å². The molecule has 1 amide bonds. The third kappa shape index (κ3) is 3.14. The maximum absolute atomic E-state index is 12.4. The normalized spacial score (nSPS) is 11.0. The van der Waals surface area contributed by atoms with Gasteiger partial charge in [-0.1, -0.05) is 42.5 Å². The Morgan fingerprint density at radius 2 is 1.85 bits per heavy atom. The lowest BCUT2D eigenvalue weighted by molar-refractivity contribution is -0.120. The summed E-state index contributed by atoms with van der Waals surface area (Å²) in [5, 5.41) is 6.23. The molecule has 3 aromatic carbocycles. The van der Waals surface area contributed by atoms with Crippen molar-refractivity contribution in [2.75, 3.05) is 7.11 Å². The Labute approximate surface area is 151 Å². The zero-order chi connectivity index (χ0) is 17.9. The molecule has 0 bridgehead atoms. The number of fused-ring (bicyclic) bond motifs is 3. The highest BCUT2D eigenvalue weighted by molar-refractivity contribution is 6.08. The molecular formula is C22H19NO3. The van der Waals surface area contributed by atoms with E-state index in [4.69, 9.17) is 9.15 Å². The number of methoxy groups -OCH3 is 1. The van der Waals surface area contributed by atoms with Crippen molar-refractivity contribution in [3.05, 3.63) is 78.1 Å². The number of benzene rings is 3. The standard InChI is InChI=1S/C22H19NO3/c1-25-18-9-6-15(7-10-18)13-23-21(24)12-17-14-26-20-11-8-16-4-2-3-5-19(16)22(17)20/h2-11,14H,12-13H2,1H3,(H,23,24). The molecule has 1 aromatic heterocycles. The second-order valence-electron chi connectivity index (χ2n) is 6.22. The summed E-state index contributed by atoms with van der Waals surface area (Å²) in [5.41, 5.74) is 2.74. The minimum Gasteiger partial charge on any atom is -0.497 e. The van der Waals surface area contributed by atoms with E-state index in [1.165, 1.54) is 0 Å². The zero-order valence-corrected chi connectivity index (χ0v) is 14.5. The summed E-state index contributed by atoms with van der Waals surface area (Å²) < 4.78 is 10.8. The largest absolute Gasteiger partial charge is 0.497 e. The van der Waals surface area contributed by atoms with Crippen molar-refractivity contribution in [2.45, 2.75) is 13.0 Å². The lowest BCUT2D eigenvalue weighted by Gasteiger charge is -2.06. The summed E-state index contributed by atoms with van der Waals surface area (Å²) in [6, 6.07) is 19.8. The van der Waals surface area contributed by atoms with Crippen LogP contribution in [0.3, 0.4) is 0 Å². The van der Waals surface area contributed by atoms with Crippen LogP contribution in [0.2, 0.25) is 0 Å². The van der Waals surface area contributed by atoms with E-state index in [2.05, 4.69) is 17.4 Å². The molecule has 1 N–H and O–H groups in total. The fourth-order valence-corrected chi connectivity index (χ4v) is 3.18. The first kappa shape index (κ1) is 16.2. The predicted octanol–water partition coefficient (Wildman–Crippen LogP) is 4.45. The SMILES string of the molecule is COc1ccc(CNC(=O)Cc2coc3ccc4ccccc4c23)cc1. The second-order valence-corrected chi connectivity index (χ2v) is 6.22. The van der Waals surface area contributed by atoms with Crippen molar-refractivity contribution in [3.63, 3.8) is 0 Å². The van der Waals surface area contributed by atoms with Crippen LogP contribution in [0.25, 0.3) is 21.7 Å². The second kappa shape index (κ2) is 6.92. The van der Waals surface area contributed by atoms with Crippen LogP contribution >= 0.6 is 0 Å². The maximum atomic E-state index is 12.4. The van der Waals surface area contributed by atoms with Gasteiger partial charge in [-0.2, -0.15) is 0 Å². The highest BCUT2D eigenvalue weighted by Crippen LogP contribution is 2.30. The minimum absolute atomic E-state index is 0.0311. The van der Waals surface area contributed by atoms with Gasteiger partial charge >= 0.3 is 0 Å². The molecule has 4 heteroatoms. The average Bonchev–Trinajstić information content (AvgIpc) is 3.10. The van der Waals surface area contributed by atoms with Gasteiger partial charge in [0, 0.05) is 17.5 Å². The summed E-state index contributed by atoms with van der Waals surface area (Å²) in [7, 11) is 1.63. The highest BCUT2D eigenvalue weighted by Gasteiger charge is 2.13. The number of rotatable bonds is 5.